The number of phenols is 1. The lowest BCUT2D eigenvalue weighted by Gasteiger charge is -2.27. The van der Waals surface area contributed by atoms with Gasteiger partial charge in [0.15, 0.2) is 12.4 Å². The Morgan fingerprint density at radius 3 is 1.79 bits per heavy atom. The van der Waals surface area contributed by atoms with E-state index in [2.05, 4.69) is 46.5 Å². The van der Waals surface area contributed by atoms with Crippen LogP contribution in [0.1, 0.15) is 58.2 Å². The summed E-state index contributed by atoms with van der Waals surface area (Å²) in [6.45, 7) is 12.7. The maximum absolute atomic E-state index is 10.7. The second kappa shape index (κ2) is 6.39. The summed E-state index contributed by atoms with van der Waals surface area (Å²) in [5.41, 5.74) is 3.50. The van der Waals surface area contributed by atoms with Gasteiger partial charge >= 0.3 is 0 Å². The van der Waals surface area contributed by atoms with Gasteiger partial charge in [0.2, 0.25) is 0 Å². The molecule has 0 aliphatic carbocycles. The number of rotatable bonds is 2. The van der Waals surface area contributed by atoms with Crippen molar-refractivity contribution in [3.05, 3.63) is 53.3 Å². The van der Waals surface area contributed by atoms with Crippen molar-refractivity contribution in [2.24, 2.45) is 12.0 Å². The summed E-state index contributed by atoms with van der Waals surface area (Å²) in [5.74, 6) is 0.390. The van der Waals surface area contributed by atoms with E-state index in [-0.39, 0.29) is 10.8 Å². The van der Waals surface area contributed by atoms with E-state index in [1.807, 2.05) is 54.5 Å². The highest BCUT2D eigenvalue weighted by Gasteiger charge is 2.26. The van der Waals surface area contributed by atoms with Crippen molar-refractivity contribution in [1.82, 2.24) is 0 Å². The summed E-state index contributed by atoms with van der Waals surface area (Å²) >= 11 is 0. The molecule has 0 amide bonds. The van der Waals surface area contributed by atoms with Crippen LogP contribution in [0.15, 0.2) is 41.7 Å². The van der Waals surface area contributed by atoms with Gasteiger partial charge in [-0.1, -0.05) is 41.5 Å². The Hall–Kier alpha value is -2.16. The highest BCUT2D eigenvalue weighted by molar-refractivity contribution is 5.81. The second-order valence-corrected chi connectivity index (χ2v) is 8.44. The van der Waals surface area contributed by atoms with Crippen LogP contribution in [0, 0.1) is 0 Å². The molecule has 0 spiro atoms. The Morgan fingerprint density at radius 2 is 1.38 bits per heavy atom. The predicted octanol–water partition coefficient (Wildman–Crippen LogP) is 4.56. The van der Waals surface area contributed by atoms with Crippen molar-refractivity contribution in [2.75, 3.05) is 0 Å². The Bertz CT molecular complexity index is 710. The van der Waals surface area contributed by atoms with E-state index in [1.165, 1.54) is 0 Å². The zero-order valence-electron chi connectivity index (χ0n) is 15.9. The molecule has 1 aromatic carbocycles. The van der Waals surface area contributed by atoms with Crippen molar-refractivity contribution >= 4 is 11.9 Å². The molecule has 2 aromatic rings. The monoisotopic (exact) mass is 325 g/mol. The van der Waals surface area contributed by atoms with Gasteiger partial charge in [-0.3, -0.25) is 4.99 Å². The minimum absolute atomic E-state index is 0.143. The van der Waals surface area contributed by atoms with E-state index in [4.69, 9.17) is 0 Å². The Balaban J connectivity index is 2.52. The van der Waals surface area contributed by atoms with Crippen LogP contribution in [0.5, 0.6) is 5.75 Å². The molecule has 0 radical (unpaired) electrons. The molecular weight excluding hydrogens is 296 g/mol. The Kier molecular flexibility index (Phi) is 4.84. The highest BCUT2D eigenvalue weighted by atomic mass is 16.3. The van der Waals surface area contributed by atoms with E-state index >= 15 is 0 Å². The van der Waals surface area contributed by atoms with Crippen LogP contribution in [-0.4, -0.2) is 11.3 Å². The molecule has 0 aliphatic heterocycles. The summed E-state index contributed by atoms with van der Waals surface area (Å²) in [6, 6.07) is 8.03. The van der Waals surface area contributed by atoms with Crippen LogP contribution >= 0.6 is 0 Å². The maximum atomic E-state index is 10.7. The average Bonchev–Trinajstić information content (AvgIpc) is 2.45. The molecule has 0 fully saturated rings. The van der Waals surface area contributed by atoms with Crippen LogP contribution in [0.2, 0.25) is 0 Å². The third-order valence-corrected chi connectivity index (χ3v) is 4.08. The number of aromatic nitrogens is 1. The van der Waals surface area contributed by atoms with Crippen LogP contribution in [0.4, 0.5) is 5.69 Å². The molecule has 0 atom stereocenters. The lowest BCUT2D eigenvalue weighted by atomic mass is 9.79. The van der Waals surface area contributed by atoms with Crippen molar-refractivity contribution in [3.8, 4) is 5.75 Å². The van der Waals surface area contributed by atoms with Gasteiger partial charge in [0.1, 0.15) is 12.8 Å². The first-order valence-electron chi connectivity index (χ1n) is 8.36. The van der Waals surface area contributed by atoms with Crippen molar-refractivity contribution in [2.45, 2.75) is 52.4 Å². The summed E-state index contributed by atoms with van der Waals surface area (Å²) in [7, 11) is 1.99. The van der Waals surface area contributed by atoms with Gasteiger partial charge in [-0.15, -0.1) is 0 Å². The number of hydrogen-bond acceptors (Lipinski definition) is 2. The molecule has 0 aliphatic rings. The molecule has 1 aromatic heterocycles. The van der Waals surface area contributed by atoms with Gasteiger partial charge in [-0.05, 0) is 23.0 Å². The zero-order valence-corrected chi connectivity index (χ0v) is 15.9. The standard InChI is InChI=1S/C21H28N2O/c1-20(2,3)17-12-16(13-18(19(17)24)21(4,5)6)22-14-15-8-10-23(7)11-9-15/h8-14H,1-7H3/p+1. The van der Waals surface area contributed by atoms with Gasteiger partial charge in [0.05, 0.1) is 5.69 Å². The van der Waals surface area contributed by atoms with E-state index in [1.54, 1.807) is 0 Å². The molecular formula is C21H29N2O+. The van der Waals surface area contributed by atoms with Crippen molar-refractivity contribution < 1.29 is 9.67 Å². The van der Waals surface area contributed by atoms with Crippen LogP contribution < -0.4 is 4.57 Å². The first kappa shape index (κ1) is 18.2. The largest absolute Gasteiger partial charge is 0.507 e. The first-order chi connectivity index (χ1) is 11.0. The molecule has 0 saturated heterocycles. The van der Waals surface area contributed by atoms with E-state index in [0.717, 1.165) is 22.4 Å². The van der Waals surface area contributed by atoms with Gasteiger partial charge in [0.25, 0.3) is 0 Å². The lowest BCUT2D eigenvalue weighted by molar-refractivity contribution is -0.671. The minimum Gasteiger partial charge on any atom is -0.507 e. The van der Waals surface area contributed by atoms with Crippen molar-refractivity contribution in [3.63, 3.8) is 0 Å². The third kappa shape index (κ3) is 4.22. The summed E-state index contributed by atoms with van der Waals surface area (Å²) in [4.78, 5) is 4.65. The lowest BCUT2D eigenvalue weighted by Crippen LogP contribution is -2.25. The summed E-state index contributed by atoms with van der Waals surface area (Å²) in [6.07, 6.45) is 5.87. The Morgan fingerprint density at radius 1 is 0.917 bits per heavy atom. The molecule has 1 N–H and O–H groups in total. The number of pyridine rings is 1. The fraction of sp³-hybridized carbons (Fsp3) is 0.429. The zero-order chi connectivity index (χ0) is 18.1. The number of aryl methyl sites for hydroxylation is 1. The number of hydrogen-bond donors (Lipinski definition) is 1. The summed E-state index contributed by atoms with van der Waals surface area (Å²) in [5, 5.41) is 10.7. The van der Waals surface area contributed by atoms with Gasteiger partial charge in [0, 0.05) is 35.0 Å². The van der Waals surface area contributed by atoms with Gasteiger partial charge in [-0.2, -0.15) is 0 Å². The fourth-order valence-electron chi connectivity index (χ4n) is 2.58. The molecule has 0 unspecified atom stereocenters. The second-order valence-electron chi connectivity index (χ2n) is 8.44. The fourth-order valence-corrected chi connectivity index (χ4v) is 2.58. The number of phenolic OH excluding ortho intramolecular Hbond substituents is 1. The SMILES string of the molecule is C[n+]1ccc(C=Nc2cc(C(C)(C)C)c(O)c(C(C)(C)C)c2)cc1. The highest BCUT2D eigenvalue weighted by Crippen LogP contribution is 2.41. The Labute approximate surface area is 145 Å². The number of aliphatic imine (C=N–C) groups is 1. The van der Waals surface area contributed by atoms with Gasteiger partial charge < -0.3 is 5.11 Å². The van der Waals surface area contributed by atoms with E-state index < -0.39 is 0 Å². The minimum atomic E-state index is -0.143. The van der Waals surface area contributed by atoms with Crippen LogP contribution in [0.25, 0.3) is 0 Å². The van der Waals surface area contributed by atoms with Gasteiger partial charge in [-0.25, -0.2) is 4.57 Å². The number of nitrogens with zero attached hydrogens (tertiary/aromatic N) is 2. The topological polar surface area (TPSA) is 36.5 Å². The number of benzene rings is 1. The predicted molar refractivity (Wildman–Crippen MR) is 100 cm³/mol. The number of aromatic hydroxyl groups is 1. The van der Waals surface area contributed by atoms with E-state index in [9.17, 15) is 5.11 Å². The van der Waals surface area contributed by atoms with Crippen molar-refractivity contribution in [1.29, 1.82) is 0 Å². The average molecular weight is 325 g/mol. The summed E-state index contributed by atoms with van der Waals surface area (Å²) < 4.78 is 1.99. The quantitative estimate of drug-likeness (QED) is 0.637. The van der Waals surface area contributed by atoms with Crippen LogP contribution in [0.3, 0.4) is 0 Å². The van der Waals surface area contributed by atoms with Crippen LogP contribution in [-0.2, 0) is 17.9 Å². The molecule has 0 bridgehead atoms. The smallest absolute Gasteiger partial charge is 0.169 e. The molecule has 3 nitrogen and oxygen atoms in total. The molecule has 128 valence electrons. The molecule has 0 saturated carbocycles. The molecule has 3 heteroatoms. The van der Waals surface area contributed by atoms with E-state index in [0.29, 0.717) is 5.75 Å². The molecule has 24 heavy (non-hydrogen) atoms. The normalized spacial score (nSPS) is 12.8. The maximum Gasteiger partial charge on any atom is 0.169 e. The molecule has 1 heterocycles. The molecule has 2 rings (SSSR count). The first-order valence-corrected chi connectivity index (χ1v) is 8.36. The third-order valence-electron chi connectivity index (χ3n) is 4.08.